The highest BCUT2D eigenvalue weighted by Gasteiger charge is 2.61. The van der Waals surface area contributed by atoms with Crippen molar-refractivity contribution < 1.29 is 5.11 Å². The zero-order valence-corrected chi connectivity index (χ0v) is 21.3. The van der Waals surface area contributed by atoms with Gasteiger partial charge < -0.3 is 5.11 Å². The van der Waals surface area contributed by atoms with Gasteiger partial charge in [0.25, 0.3) is 0 Å². The molecule has 30 heavy (non-hydrogen) atoms. The zero-order valence-electron chi connectivity index (χ0n) is 21.3. The summed E-state index contributed by atoms with van der Waals surface area (Å²) >= 11 is 0. The van der Waals surface area contributed by atoms with Crippen LogP contribution in [0.25, 0.3) is 0 Å². The van der Waals surface area contributed by atoms with Crippen molar-refractivity contribution in [3.63, 3.8) is 0 Å². The average molecular weight is 417 g/mol. The molecule has 4 aliphatic carbocycles. The van der Waals surface area contributed by atoms with E-state index in [1.807, 2.05) is 0 Å². The molecule has 0 aromatic rings. The van der Waals surface area contributed by atoms with E-state index >= 15 is 0 Å². The Morgan fingerprint density at radius 2 is 1.63 bits per heavy atom. The van der Waals surface area contributed by atoms with E-state index in [4.69, 9.17) is 0 Å². The van der Waals surface area contributed by atoms with E-state index in [0.29, 0.717) is 10.8 Å². The maximum Gasteiger partial charge on any atom is 0.0599 e. The molecule has 0 spiro atoms. The normalized spacial score (nSPS) is 47.5. The van der Waals surface area contributed by atoms with E-state index in [9.17, 15) is 5.11 Å². The van der Waals surface area contributed by atoms with Gasteiger partial charge in [-0.25, -0.2) is 0 Å². The molecule has 1 N–H and O–H groups in total. The van der Waals surface area contributed by atoms with Gasteiger partial charge in [0.2, 0.25) is 0 Å². The van der Waals surface area contributed by atoms with Crippen LogP contribution in [-0.2, 0) is 0 Å². The van der Waals surface area contributed by atoms with E-state index < -0.39 is 0 Å². The molecule has 0 amide bonds. The molecular formula is C29H52O. The minimum Gasteiger partial charge on any atom is -0.393 e. The first-order valence-corrected chi connectivity index (χ1v) is 13.7. The van der Waals surface area contributed by atoms with E-state index in [1.54, 1.807) is 0 Å². The standard InChI is InChI=1S/C29H52O/c1-19(2)27(4,5)17-15-20(3)23-13-14-24-22-12-11-21-9-8-10-26(30)29(21,7)25(22)16-18-28(23,24)6/h19-26,30H,8-18H2,1-7H3/t20-,21?,22+,23-,24+,25+,26?,28-,29+/m1/s1. The molecule has 0 heterocycles. The fourth-order valence-electron chi connectivity index (χ4n) is 9.38. The van der Waals surface area contributed by atoms with Crippen molar-refractivity contribution in [1.29, 1.82) is 0 Å². The highest BCUT2D eigenvalue weighted by Crippen LogP contribution is 2.68. The fourth-order valence-corrected chi connectivity index (χ4v) is 9.38. The first kappa shape index (κ1) is 23.1. The minimum atomic E-state index is -0.0391. The van der Waals surface area contributed by atoms with Crippen LogP contribution < -0.4 is 0 Å². The fraction of sp³-hybridized carbons (Fsp3) is 1.00. The molecule has 0 aliphatic heterocycles. The summed E-state index contributed by atoms with van der Waals surface area (Å²) in [4.78, 5) is 0. The predicted molar refractivity (Wildman–Crippen MR) is 128 cm³/mol. The predicted octanol–water partition coefficient (Wildman–Crippen LogP) is 8.10. The molecule has 174 valence electrons. The van der Waals surface area contributed by atoms with Crippen LogP contribution in [0.5, 0.6) is 0 Å². The number of hydrogen-bond acceptors (Lipinski definition) is 1. The number of aliphatic hydroxyl groups excluding tert-OH is 1. The summed E-state index contributed by atoms with van der Waals surface area (Å²) in [7, 11) is 0. The van der Waals surface area contributed by atoms with Gasteiger partial charge in [-0.1, -0.05) is 54.9 Å². The van der Waals surface area contributed by atoms with Gasteiger partial charge in [-0.3, -0.25) is 0 Å². The molecule has 2 unspecified atom stereocenters. The zero-order chi connectivity index (χ0) is 21.9. The van der Waals surface area contributed by atoms with Crippen LogP contribution in [0.2, 0.25) is 0 Å². The molecule has 0 radical (unpaired) electrons. The SMILES string of the molecule is CC(C)C(C)(C)CC[C@@H](C)[C@H]1CC[C@H]2[C@@H]3CCC4CCCC(O)[C@]4(C)[C@H]3CC[C@]12C. The molecule has 9 atom stereocenters. The van der Waals surface area contributed by atoms with Gasteiger partial charge in [0.1, 0.15) is 0 Å². The number of hydrogen-bond donors (Lipinski definition) is 1. The van der Waals surface area contributed by atoms with Crippen LogP contribution in [0.15, 0.2) is 0 Å². The molecule has 0 bridgehead atoms. The molecule has 4 rings (SSSR count). The Kier molecular flexibility index (Phi) is 6.22. The van der Waals surface area contributed by atoms with Crippen LogP contribution in [0.3, 0.4) is 0 Å². The average Bonchev–Trinajstić information content (AvgIpc) is 3.04. The third-order valence-electron chi connectivity index (χ3n) is 12.3. The summed E-state index contributed by atoms with van der Waals surface area (Å²) in [5.74, 6) is 5.95. The van der Waals surface area contributed by atoms with Gasteiger partial charge in [0.05, 0.1) is 6.10 Å². The highest BCUT2D eigenvalue weighted by atomic mass is 16.3. The summed E-state index contributed by atoms with van der Waals surface area (Å²) in [5, 5.41) is 11.1. The van der Waals surface area contributed by atoms with Gasteiger partial charge in [-0.05, 0) is 122 Å². The van der Waals surface area contributed by atoms with Gasteiger partial charge in [-0.2, -0.15) is 0 Å². The molecule has 0 saturated heterocycles. The quantitative estimate of drug-likeness (QED) is 0.480. The van der Waals surface area contributed by atoms with Crippen molar-refractivity contribution in [2.45, 2.75) is 125 Å². The Balaban J connectivity index is 1.49. The van der Waals surface area contributed by atoms with Gasteiger partial charge in [0.15, 0.2) is 0 Å². The Morgan fingerprint density at radius 1 is 0.900 bits per heavy atom. The van der Waals surface area contributed by atoms with Crippen LogP contribution in [0, 0.1) is 57.7 Å². The molecule has 4 saturated carbocycles. The highest BCUT2D eigenvalue weighted by molar-refractivity contribution is 5.11. The van der Waals surface area contributed by atoms with E-state index in [0.717, 1.165) is 47.8 Å². The molecule has 0 aromatic heterocycles. The van der Waals surface area contributed by atoms with Crippen molar-refractivity contribution in [1.82, 2.24) is 0 Å². The molecule has 4 aliphatic rings. The first-order chi connectivity index (χ1) is 14.0. The first-order valence-electron chi connectivity index (χ1n) is 13.7. The Bertz CT molecular complexity index is 607. The third kappa shape index (κ3) is 3.52. The Labute approximate surface area is 188 Å². The van der Waals surface area contributed by atoms with Gasteiger partial charge in [0, 0.05) is 0 Å². The second-order valence-electron chi connectivity index (χ2n) is 13.9. The maximum atomic E-state index is 11.1. The smallest absolute Gasteiger partial charge is 0.0599 e. The lowest BCUT2D eigenvalue weighted by Crippen LogP contribution is -2.57. The topological polar surface area (TPSA) is 20.2 Å². The van der Waals surface area contributed by atoms with Crippen LogP contribution >= 0.6 is 0 Å². The Hall–Kier alpha value is -0.0400. The second-order valence-corrected chi connectivity index (χ2v) is 13.9. The number of aliphatic hydroxyl groups is 1. The largest absolute Gasteiger partial charge is 0.393 e. The second kappa shape index (κ2) is 8.07. The maximum absolute atomic E-state index is 11.1. The van der Waals surface area contributed by atoms with Crippen molar-refractivity contribution in [3.05, 3.63) is 0 Å². The summed E-state index contributed by atoms with van der Waals surface area (Å²) in [6, 6.07) is 0. The third-order valence-corrected chi connectivity index (χ3v) is 12.3. The van der Waals surface area contributed by atoms with Crippen LogP contribution in [0.1, 0.15) is 119 Å². The lowest BCUT2D eigenvalue weighted by atomic mass is 9.44. The summed E-state index contributed by atoms with van der Waals surface area (Å²) in [6.45, 7) is 17.5. The molecular weight excluding hydrogens is 364 g/mol. The lowest BCUT2D eigenvalue weighted by Gasteiger charge is -2.62. The van der Waals surface area contributed by atoms with Crippen molar-refractivity contribution in [3.8, 4) is 0 Å². The number of rotatable bonds is 5. The minimum absolute atomic E-state index is 0.0391. The summed E-state index contributed by atoms with van der Waals surface area (Å²) < 4.78 is 0. The van der Waals surface area contributed by atoms with E-state index in [-0.39, 0.29) is 11.5 Å². The summed E-state index contributed by atoms with van der Waals surface area (Å²) in [5.41, 5.74) is 1.24. The van der Waals surface area contributed by atoms with Crippen LogP contribution in [0.4, 0.5) is 0 Å². The van der Waals surface area contributed by atoms with Gasteiger partial charge >= 0.3 is 0 Å². The molecule has 0 aromatic carbocycles. The van der Waals surface area contributed by atoms with E-state index in [2.05, 4.69) is 48.5 Å². The van der Waals surface area contributed by atoms with Crippen LogP contribution in [-0.4, -0.2) is 11.2 Å². The Morgan fingerprint density at radius 3 is 2.33 bits per heavy atom. The van der Waals surface area contributed by atoms with E-state index in [1.165, 1.54) is 64.2 Å². The lowest BCUT2D eigenvalue weighted by molar-refractivity contribution is -0.164. The summed E-state index contributed by atoms with van der Waals surface area (Å²) in [6.07, 6.45) is 15.0. The molecule has 1 heteroatoms. The van der Waals surface area contributed by atoms with Crippen molar-refractivity contribution >= 4 is 0 Å². The monoisotopic (exact) mass is 416 g/mol. The molecule has 1 nitrogen and oxygen atoms in total. The van der Waals surface area contributed by atoms with Gasteiger partial charge in [-0.15, -0.1) is 0 Å². The van der Waals surface area contributed by atoms with Crippen molar-refractivity contribution in [2.24, 2.45) is 57.7 Å². The molecule has 4 fully saturated rings. The number of fused-ring (bicyclic) bond motifs is 5. The van der Waals surface area contributed by atoms with Crippen molar-refractivity contribution in [2.75, 3.05) is 0 Å².